The lowest BCUT2D eigenvalue weighted by Gasteiger charge is -2.13. The van der Waals surface area contributed by atoms with E-state index in [1.165, 1.54) is 12.3 Å². The molecule has 0 aliphatic carbocycles. The van der Waals surface area contributed by atoms with Gasteiger partial charge in [0.15, 0.2) is 6.20 Å². The average Bonchev–Trinajstić information content (AvgIpc) is 2.82. The molecule has 94 valence electrons. The number of hydrogen-bond acceptors (Lipinski definition) is 5. The molecule has 0 aliphatic rings. The Balaban J connectivity index is 1.94. The normalized spacial score (nSPS) is 12.1. The van der Waals surface area contributed by atoms with Crippen LogP contribution in [0, 0.1) is 10.1 Å². The zero-order valence-corrected chi connectivity index (χ0v) is 9.85. The molecular formula is C11H13N5O2. The van der Waals surface area contributed by atoms with Gasteiger partial charge < -0.3 is 15.4 Å². The predicted molar refractivity (Wildman–Crippen MR) is 66.2 cm³/mol. The smallest absolute Gasteiger partial charge is 0.363 e. The van der Waals surface area contributed by atoms with Crippen LogP contribution >= 0.6 is 0 Å². The van der Waals surface area contributed by atoms with Crippen molar-refractivity contribution in [1.82, 2.24) is 14.8 Å². The van der Waals surface area contributed by atoms with Crippen molar-refractivity contribution in [2.45, 2.75) is 19.5 Å². The van der Waals surface area contributed by atoms with Crippen molar-refractivity contribution >= 4 is 11.5 Å². The van der Waals surface area contributed by atoms with Crippen LogP contribution in [0.5, 0.6) is 0 Å². The summed E-state index contributed by atoms with van der Waals surface area (Å²) in [6.45, 7) is 2.72. The molecule has 0 saturated carbocycles. The van der Waals surface area contributed by atoms with Crippen LogP contribution in [0.3, 0.4) is 0 Å². The molecule has 2 aromatic rings. The highest BCUT2D eigenvalue weighted by molar-refractivity contribution is 5.44. The number of nitrogens with zero attached hydrogens (tertiary/aromatic N) is 4. The van der Waals surface area contributed by atoms with E-state index in [4.69, 9.17) is 0 Å². The first-order valence-electron chi connectivity index (χ1n) is 5.49. The number of nitrogens with one attached hydrogen (secondary N) is 1. The topological polar surface area (TPSA) is 85.9 Å². The summed E-state index contributed by atoms with van der Waals surface area (Å²) < 4.78 is 1.82. The van der Waals surface area contributed by atoms with Crippen LogP contribution in [0.2, 0.25) is 0 Å². The van der Waals surface area contributed by atoms with E-state index < -0.39 is 4.92 Å². The van der Waals surface area contributed by atoms with Gasteiger partial charge in [0.2, 0.25) is 0 Å². The minimum atomic E-state index is -0.517. The summed E-state index contributed by atoms with van der Waals surface area (Å²) in [4.78, 5) is 13.7. The highest BCUT2D eigenvalue weighted by Gasteiger charge is 2.08. The van der Waals surface area contributed by atoms with Crippen molar-refractivity contribution < 1.29 is 4.92 Å². The molecule has 18 heavy (non-hydrogen) atoms. The van der Waals surface area contributed by atoms with Crippen molar-refractivity contribution in [3.05, 3.63) is 46.9 Å². The minimum absolute atomic E-state index is 0.146. The van der Waals surface area contributed by atoms with Gasteiger partial charge in [0.25, 0.3) is 0 Å². The molecule has 0 aromatic carbocycles. The van der Waals surface area contributed by atoms with Crippen LogP contribution in [0.1, 0.15) is 6.92 Å². The number of pyridine rings is 1. The minimum Gasteiger partial charge on any atom is -0.378 e. The van der Waals surface area contributed by atoms with Crippen LogP contribution in [0.25, 0.3) is 0 Å². The first-order valence-corrected chi connectivity index (χ1v) is 5.49. The van der Waals surface area contributed by atoms with Gasteiger partial charge in [0.1, 0.15) is 0 Å². The molecule has 0 fully saturated rings. The molecule has 2 rings (SSSR count). The van der Waals surface area contributed by atoms with Gasteiger partial charge in [-0.15, -0.1) is 0 Å². The fourth-order valence-corrected chi connectivity index (χ4v) is 1.60. The van der Waals surface area contributed by atoms with Crippen LogP contribution in [0.4, 0.5) is 11.5 Å². The summed E-state index contributed by atoms with van der Waals surface area (Å²) in [6, 6.07) is 5.03. The van der Waals surface area contributed by atoms with Gasteiger partial charge >= 0.3 is 5.82 Å². The first kappa shape index (κ1) is 12.0. The van der Waals surface area contributed by atoms with Gasteiger partial charge in [0.05, 0.1) is 12.2 Å². The summed E-state index contributed by atoms with van der Waals surface area (Å²) >= 11 is 0. The quantitative estimate of drug-likeness (QED) is 0.641. The molecule has 2 heterocycles. The zero-order valence-electron chi connectivity index (χ0n) is 9.85. The summed E-state index contributed by atoms with van der Waals surface area (Å²) in [5, 5.41) is 17.8. The number of nitro groups is 1. The molecule has 0 radical (unpaired) electrons. The molecule has 0 spiro atoms. The van der Waals surface area contributed by atoms with Crippen molar-refractivity contribution in [3.63, 3.8) is 0 Å². The van der Waals surface area contributed by atoms with Crippen molar-refractivity contribution in [2.75, 3.05) is 5.32 Å². The molecule has 0 amide bonds. The largest absolute Gasteiger partial charge is 0.378 e. The Bertz CT molecular complexity index is 509. The molecule has 0 bridgehead atoms. The summed E-state index contributed by atoms with van der Waals surface area (Å²) in [5.41, 5.74) is 0.750. The third-order valence-electron chi connectivity index (χ3n) is 2.37. The molecule has 1 atom stereocenters. The molecule has 1 N–H and O–H groups in total. The number of hydrogen-bond donors (Lipinski definition) is 1. The highest BCUT2D eigenvalue weighted by atomic mass is 16.6. The lowest BCUT2D eigenvalue weighted by molar-refractivity contribution is -0.389. The molecule has 0 saturated heterocycles. The van der Waals surface area contributed by atoms with E-state index >= 15 is 0 Å². The Labute approximate surface area is 104 Å². The number of rotatable bonds is 5. The first-order chi connectivity index (χ1) is 8.65. The van der Waals surface area contributed by atoms with E-state index in [2.05, 4.69) is 15.4 Å². The molecule has 7 nitrogen and oxygen atoms in total. The molecule has 7 heteroatoms. The highest BCUT2D eigenvalue weighted by Crippen LogP contribution is 2.12. The van der Waals surface area contributed by atoms with Crippen molar-refractivity contribution in [1.29, 1.82) is 0 Å². The zero-order chi connectivity index (χ0) is 13.0. The second-order valence-electron chi connectivity index (χ2n) is 3.94. The summed E-state index contributed by atoms with van der Waals surface area (Å²) in [5.74, 6) is -0.153. The standard InChI is InChI=1S/C11H13N5O2/c1-9(8-15-6-2-5-13-15)14-10-3-4-11(12-7-10)16(17)18/h2-7,9,14H,8H2,1H3. The number of aromatic nitrogens is 3. The van der Waals surface area contributed by atoms with E-state index in [0.29, 0.717) is 6.54 Å². The maximum Gasteiger partial charge on any atom is 0.363 e. The Morgan fingerprint density at radius 1 is 1.56 bits per heavy atom. The van der Waals surface area contributed by atoms with Gasteiger partial charge in [-0.1, -0.05) is 0 Å². The lowest BCUT2D eigenvalue weighted by Crippen LogP contribution is -2.22. The van der Waals surface area contributed by atoms with Crippen LogP contribution in [-0.2, 0) is 6.54 Å². The average molecular weight is 247 g/mol. The van der Waals surface area contributed by atoms with Crippen molar-refractivity contribution in [2.24, 2.45) is 0 Å². The molecule has 2 aromatic heterocycles. The Hall–Kier alpha value is -2.44. The van der Waals surface area contributed by atoms with Crippen molar-refractivity contribution in [3.8, 4) is 0 Å². The summed E-state index contributed by atoms with van der Waals surface area (Å²) in [6.07, 6.45) is 5.06. The van der Waals surface area contributed by atoms with Gasteiger partial charge in [-0.05, 0) is 29.0 Å². The van der Waals surface area contributed by atoms with Gasteiger partial charge in [-0.25, -0.2) is 0 Å². The Kier molecular flexibility index (Phi) is 3.52. The Morgan fingerprint density at radius 2 is 2.39 bits per heavy atom. The van der Waals surface area contributed by atoms with E-state index in [9.17, 15) is 10.1 Å². The second-order valence-corrected chi connectivity index (χ2v) is 3.94. The van der Waals surface area contributed by atoms with Crippen LogP contribution < -0.4 is 5.32 Å². The van der Waals surface area contributed by atoms with Crippen LogP contribution in [-0.4, -0.2) is 25.7 Å². The Morgan fingerprint density at radius 3 is 2.94 bits per heavy atom. The SMILES string of the molecule is CC(Cn1cccn1)Nc1ccc([N+](=O)[O-])nc1. The van der Waals surface area contributed by atoms with E-state index in [0.717, 1.165) is 5.69 Å². The third kappa shape index (κ3) is 3.03. The van der Waals surface area contributed by atoms with Gasteiger partial charge in [0, 0.05) is 24.5 Å². The fraction of sp³-hybridized carbons (Fsp3) is 0.273. The molecular weight excluding hydrogens is 234 g/mol. The molecule has 0 aliphatic heterocycles. The third-order valence-corrected chi connectivity index (χ3v) is 2.37. The summed E-state index contributed by atoms with van der Waals surface area (Å²) in [7, 11) is 0. The predicted octanol–water partition coefficient (Wildman–Crippen LogP) is 1.69. The van der Waals surface area contributed by atoms with Crippen LogP contribution in [0.15, 0.2) is 36.8 Å². The van der Waals surface area contributed by atoms with E-state index in [1.54, 1.807) is 12.3 Å². The number of anilines is 1. The second kappa shape index (κ2) is 5.26. The van der Waals surface area contributed by atoms with Gasteiger partial charge in [-0.2, -0.15) is 5.10 Å². The molecule has 1 unspecified atom stereocenters. The maximum absolute atomic E-state index is 10.5. The van der Waals surface area contributed by atoms with E-state index in [1.807, 2.05) is 23.9 Å². The lowest BCUT2D eigenvalue weighted by atomic mass is 10.3. The van der Waals surface area contributed by atoms with E-state index in [-0.39, 0.29) is 11.9 Å². The van der Waals surface area contributed by atoms with Gasteiger partial charge in [-0.3, -0.25) is 4.68 Å². The monoisotopic (exact) mass is 247 g/mol. The maximum atomic E-state index is 10.5. The fourth-order valence-electron chi connectivity index (χ4n) is 1.60.